The number of hydrogen-bond donors (Lipinski definition) is 0. The molecule has 0 saturated heterocycles. The van der Waals surface area contributed by atoms with Crippen LogP contribution in [-0.2, 0) is 0 Å². The van der Waals surface area contributed by atoms with Crippen molar-refractivity contribution < 1.29 is 0 Å². The van der Waals surface area contributed by atoms with Crippen molar-refractivity contribution in [2.45, 2.75) is 0 Å². The van der Waals surface area contributed by atoms with E-state index in [4.69, 9.17) is 0 Å². The van der Waals surface area contributed by atoms with E-state index in [1.807, 2.05) is 45.3 Å². The second-order valence-electron chi connectivity index (χ2n) is 11.7. The first-order chi connectivity index (χ1) is 24.2. The van der Waals surface area contributed by atoms with Crippen LogP contribution in [0.2, 0.25) is 0 Å². The first kappa shape index (κ1) is 30.4. The third kappa shape index (κ3) is 6.32. The molecule has 0 aliphatic rings. The summed E-state index contributed by atoms with van der Waals surface area (Å²) in [5.41, 5.74) is 8.66. The zero-order valence-corrected chi connectivity index (χ0v) is 30.3. The number of benzene rings is 4. The lowest BCUT2D eigenvalue weighted by Gasteiger charge is -2.07. The lowest BCUT2D eigenvalue weighted by atomic mass is 9.97. The Morgan fingerprint density at radius 1 is 0.204 bits per heavy atom. The van der Waals surface area contributed by atoms with Crippen LogP contribution in [0.5, 0.6) is 0 Å². The average Bonchev–Trinajstić information content (AvgIpc) is 4.01. The number of rotatable bonds is 8. The summed E-state index contributed by atoms with van der Waals surface area (Å²) < 4.78 is 0. The predicted octanol–water partition coefficient (Wildman–Crippen LogP) is 15.3. The zero-order chi connectivity index (χ0) is 32.6. The molecule has 0 atom stereocenters. The van der Waals surface area contributed by atoms with Gasteiger partial charge in [-0.1, -0.05) is 109 Å². The molecule has 0 aliphatic carbocycles. The molecule has 5 aromatic heterocycles. The molecule has 0 spiro atoms. The van der Waals surface area contributed by atoms with Crippen molar-refractivity contribution in [3.05, 3.63) is 169 Å². The zero-order valence-electron chi connectivity index (χ0n) is 26.2. The van der Waals surface area contributed by atoms with Crippen molar-refractivity contribution in [3.63, 3.8) is 0 Å². The summed E-state index contributed by atoms with van der Waals surface area (Å²) in [5, 5.41) is 2.15. The van der Waals surface area contributed by atoms with E-state index in [1.165, 1.54) is 82.8 Å². The average molecular weight is 717 g/mol. The molecule has 5 heterocycles. The highest BCUT2D eigenvalue weighted by Crippen LogP contribution is 2.45. The summed E-state index contributed by atoms with van der Waals surface area (Å²) in [6, 6.07) is 59.7. The maximum absolute atomic E-state index is 2.28. The quantitative estimate of drug-likeness (QED) is 0.147. The van der Waals surface area contributed by atoms with E-state index < -0.39 is 0 Å². The van der Waals surface area contributed by atoms with Crippen molar-refractivity contribution in [3.8, 4) is 82.8 Å². The SMILES string of the molecule is c1ccc(-c2ccc(-c3ccc(-c4ccc(-c5ccc(-c6ccc(-c7ccc(-c8ccc(-c9cccs9)s8)s7)s6)s5)cc4)cc3)cc2)cc1. The monoisotopic (exact) mass is 716 g/mol. The largest absolute Gasteiger partial charge is 0.143 e. The third-order valence-corrected chi connectivity index (χ3v) is 14.7. The Labute approximate surface area is 306 Å². The lowest BCUT2D eigenvalue weighted by molar-refractivity contribution is 1.57. The molecular weight excluding hydrogens is 689 g/mol. The second kappa shape index (κ2) is 13.4. The minimum Gasteiger partial charge on any atom is -0.143 e. The van der Waals surface area contributed by atoms with Gasteiger partial charge in [0.2, 0.25) is 0 Å². The Morgan fingerprint density at radius 3 is 0.878 bits per heavy atom. The molecule has 0 bridgehead atoms. The molecule has 4 aromatic carbocycles. The van der Waals surface area contributed by atoms with Gasteiger partial charge in [0.15, 0.2) is 0 Å². The van der Waals surface area contributed by atoms with Gasteiger partial charge in [0, 0.05) is 43.9 Å². The van der Waals surface area contributed by atoms with Gasteiger partial charge in [-0.25, -0.2) is 0 Å². The van der Waals surface area contributed by atoms with Gasteiger partial charge in [-0.3, -0.25) is 0 Å². The minimum atomic E-state index is 1.23. The molecular formula is C44H28S5. The fourth-order valence-corrected chi connectivity index (χ4v) is 11.2. The fourth-order valence-electron chi connectivity index (χ4n) is 6.02. The van der Waals surface area contributed by atoms with Crippen LogP contribution in [-0.4, -0.2) is 0 Å². The van der Waals surface area contributed by atoms with Gasteiger partial charge in [0.1, 0.15) is 0 Å². The molecule has 0 nitrogen and oxygen atoms in total. The molecule has 9 rings (SSSR count). The van der Waals surface area contributed by atoms with E-state index in [-0.39, 0.29) is 0 Å². The van der Waals surface area contributed by atoms with E-state index in [0.29, 0.717) is 0 Å². The fraction of sp³-hybridized carbons (Fsp3) is 0. The maximum Gasteiger partial charge on any atom is 0.0449 e. The summed E-state index contributed by atoms with van der Waals surface area (Å²) in [5.74, 6) is 0. The molecule has 0 amide bonds. The van der Waals surface area contributed by atoms with Crippen LogP contribution in [0.4, 0.5) is 0 Å². The molecule has 0 unspecified atom stereocenters. The van der Waals surface area contributed by atoms with Crippen LogP contribution in [0, 0.1) is 0 Å². The second-order valence-corrected chi connectivity index (χ2v) is 17.0. The molecule has 49 heavy (non-hydrogen) atoms. The molecule has 5 heteroatoms. The van der Waals surface area contributed by atoms with Crippen LogP contribution >= 0.6 is 56.7 Å². The van der Waals surface area contributed by atoms with Gasteiger partial charge in [0.05, 0.1) is 0 Å². The highest BCUT2D eigenvalue weighted by Gasteiger charge is 2.13. The van der Waals surface area contributed by atoms with Gasteiger partial charge in [0.25, 0.3) is 0 Å². The molecule has 0 N–H and O–H groups in total. The van der Waals surface area contributed by atoms with Gasteiger partial charge in [-0.15, -0.1) is 56.7 Å². The van der Waals surface area contributed by atoms with E-state index >= 15 is 0 Å². The van der Waals surface area contributed by atoms with E-state index in [0.717, 1.165) is 0 Å². The van der Waals surface area contributed by atoms with Crippen LogP contribution in [0.1, 0.15) is 0 Å². The lowest BCUT2D eigenvalue weighted by Crippen LogP contribution is -1.82. The Bertz CT molecular complexity index is 2450. The van der Waals surface area contributed by atoms with Crippen LogP contribution in [0.3, 0.4) is 0 Å². The first-order valence-corrected chi connectivity index (χ1v) is 20.2. The highest BCUT2D eigenvalue weighted by molar-refractivity contribution is 7.29. The molecule has 0 fully saturated rings. The first-order valence-electron chi connectivity index (χ1n) is 16.0. The van der Waals surface area contributed by atoms with Crippen molar-refractivity contribution in [2.24, 2.45) is 0 Å². The van der Waals surface area contributed by atoms with Gasteiger partial charge < -0.3 is 0 Å². The standard InChI is InChI=1S/C44H28S5/c1-2-5-29(6-3-1)30-8-10-31(11-9-30)32-12-14-33(15-13-32)34-16-18-35(19-17-34)36-20-21-39(46-36)40-24-25-43(48-40)44-27-26-42(49-44)41-23-22-38(47-41)37-7-4-28-45-37/h1-28H. The molecule has 0 saturated carbocycles. The van der Waals surface area contributed by atoms with Crippen molar-refractivity contribution >= 4 is 56.7 Å². The summed E-state index contributed by atoms with van der Waals surface area (Å²) >= 11 is 9.32. The Hall–Kier alpha value is -4.62. The van der Waals surface area contributed by atoms with Crippen molar-refractivity contribution in [2.75, 3.05) is 0 Å². The smallest absolute Gasteiger partial charge is 0.0449 e. The molecule has 0 aliphatic heterocycles. The van der Waals surface area contributed by atoms with Gasteiger partial charge in [-0.2, -0.15) is 0 Å². The number of thiophene rings is 5. The van der Waals surface area contributed by atoms with Gasteiger partial charge >= 0.3 is 0 Å². The summed E-state index contributed by atoms with van der Waals surface area (Å²) in [6.45, 7) is 0. The van der Waals surface area contributed by atoms with Crippen LogP contribution in [0.25, 0.3) is 82.8 Å². The molecule has 0 radical (unpaired) electrons. The maximum atomic E-state index is 2.28. The molecule has 9 aromatic rings. The van der Waals surface area contributed by atoms with Crippen LogP contribution in [0.15, 0.2) is 169 Å². The third-order valence-electron chi connectivity index (χ3n) is 8.63. The Kier molecular flexibility index (Phi) is 8.30. The Balaban J connectivity index is 0.871. The topological polar surface area (TPSA) is 0 Å². The highest BCUT2D eigenvalue weighted by atomic mass is 32.1. The summed E-state index contributed by atoms with van der Waals surface area (Å²) in [4.78, 5) is 12.0. The molecule has 234 valence electrons. The Morgan fingerprint density at radius 2 is 0.510 bits per heavy atom. The van der Waals surface area contributed by atoms with Crippen molar-refractivity contribution in [1.29, 1.82) is 0 Å². The summed E-state index contributed by atoms with van der Waals surface area (Å²) in [6.07, 6.45) is 0. The van der Waals surface area contributed by atoms with Crippen molar-refractivity contribution in [1.82, 2.24) is 0 Å². The summed E-state index contributed by atoms with van der Waals surface area (Å²) in [7, 11) is 0. The normalized spacial score (nSPS) is 11.3. The predicted molar refractivity (Wildman–Crippen MR) is 219 cm³/mol. The minimum absolute atomic E-state index is 1.23. The van der Waals surface area contributed by atoms with Crippen LogP contribution < -0.4 is 0 Å². The number of hydrogen-bond acceptors (Lipinski definition) is 5. The van der Waals surface area contributed by atoms with E-state index in [2.05, 4.69) is 169 Å². The van der Waals surface area contributed by atoms with E-state index in [9.17, 15) is 0 Å². The van der Waals surface area contributed by atoms with E-state index in [1.54, 1.807) is 11.3 Å². The van der Waals surface area contributed by atoms with Gasteiger partial charge in [-0.05, 0) is 98.9 Å².